The van der Waals surface area contributed by atoms with E-state index >= 15 is 0 Å². The van der Waals surface area contributed by atoms with Gasteiger partial charge in [0.15, 0.2) is 0 Å². The Morgan fingerprint density at radius 1 is 1.17 bits per heavy atom. The Hall–Kier alpha value is -1.79. The molecule has 0 radical (unpaired) electrons. The van der Waals surface area contributed by atoms with Gasteiger partial charge in [-0.1, -0.05) is 6.92 Å². The molecule has 0 heterocycles. The van der Waals surface area contributed by atoms with E-state index in [-0.39, 0.29) is 12.5 Å². The van der Waals surface area contributed by atoms with E-state index in [2.05, 4.69) is 16.0 Å². The first-order valence-corrected chi connectivity index (χ1v) is 5.93. The first kappa shape index (κ1) is 16.2. The molecule has 0 bridgehead atoms. The third kappa shape index (κ3) is 6.72. The average molecular weight is 259 g/mol. The fourth-order valence-electron chi connectivity index (χ4n) is 1.17. The SMILES string of the molecule is CCNC(=O)C(C)NC(=O)NCCC(C)C(=O)O. The smallest absolute Gasteiger partial charge is 0.315 e. The van der Waals surface area contributed by atoms with Gasteiger partial charge in [-0.2, -0.15) is 0 Å². The summed E-state index contributed by atoms with van der Waals surface area (Å²) in [6, 6.07) is -1.10. The lowest BCUT2D eigenvalue weighted by atomic mass is 10.1. The number of amides is 3. The molecule has 3 amide bonds. The van der Waals surface area contributed by atoms with Gasteiger partial charge in [0.1, 0.15) is 6.04 Å². The molecule has 2 atom stereocenters. The van der Waals surface area contributed by atoms with Crippen LogP contribution in [-0.2, 0) is 9.59 Å². The lowest BCUT2D eigenvalue weighted by molar-refractivity contribution is -0.141. The number of carboxylic acids is 1. The van der Waals surface area contributed by atoms with E-state index in [0.717, 1.165) is 0 Å². The van der Waals surface area contributed by atoms with Gasteiger partial charge in [0.25, 0.3) is 0 Å². The Kier molecular flexibility index (Phi) is 7.50. The number of carboxylic acid groups (broad SMARTS) is 1. The molecule has 7 nitrogen and oxygen atoms in total. The molecule has 0 aromatic heterocycles. The molecular weight excluding hydrogens is 238 g/mol. The van der Waals surface area contributed by atoms with Gasteiger partial charge in [-0.05, 0) is 20.3 Å². The molecule has 4 N–H and O–H groups in total. The monoisotopic (exact) mass is 259 g/mol. The third-order valence-electron chi connectivity index (χ3n) is 2.38. The number of aliphatic carboxylic acids is 1. The zero-order valence-electron chi connectivity index (χ0n) is 10.9. The van der Waals surface area contributed by atoms with E-state index in [1.54, 1.807) is 20.8 Å². The zero-order chi connectivity index (χ0) is 14.1. The molecule has 18 heavy (non-hydrogen) atoms. The Balaban J connectivity index is 3.84. The minimum atomic E-state index is -0.895. The van der Waals surface area contributed by atoms with Crippen LogP contribution in [0.5, 0.6) is 0 Å². The van der Waals surface area contributed by atoms with E-state index in [4.69, 9.17) is 5.11 Å². The Bertz CT molecular complexity index is 307. The van der Waals surface area contributed by atoms with Crippen LogP contribution in [0.2, 0.25) is 0 Å². The first-order chi connectivity index (χ1) is 8.38. The second-order valence-corrected chi connectivity index (χ2v) is 4.04. The molecule has 0 aliphatic carbocycles. The summed E-state index contributed by atoms with van der Waals surface area (Å²) in [4.78, 5) is 33.2. The number of carbonyl (C=O) groups excluding carboxylic acids is 2. The minimum Gasteiger partial charge on any atom is -0.481 e. The number of hydrogen-bond acceptors (Lipinski definition) is 3. The van der Waals surface area contributed by atoms with Gasteiger partial charge in [0.05, 0.1) is 5.92 Å². The van der Waals surface area contributed by atoms with E-state index in [0.29, 0.717) is 13.0 Å². The third-order valence-corrected chi connectivity index (χ3v) is 2.38. The summed E-state index contributed by atoms with van der Waals surface area (Å²) in [5, 5.41) is 16.2. The maximum absolute atomic E-state index is 11.4. The molecule has 2 unspecified atom stereocenters. The van der Waals surface area contributed by atoms with Gasteiger partial charge >= 0.3 is 12.0 Å². The second kappa shape index (κ2) is 8.32. The number of hydrogen-bond donors (Lipinski definition) is 4. The number of urea groups is 1. The highest BCUT2D eigenvalue weighted by Crippen LogP contribution is 1.99. The summed E-state index contributed by atoms with van der Waals surface area (Å²) in [5.74, 6) is -1.66. The van der Waals surface area contributed by atoms with E-state index in [1.165, 1.54) is 0 Å². The number of nitrogens with one attached hydrogen (secondary N) is 3. The molecule has 0 fully saturated rings. The molecule has 0 aromatic carbocycles. The lowest BCUT2D eigenvalue weighted by Gasteiger charge is -2.14. The van der Waals surface area contributed by atoms with Crippen molar-refractivity contribution in [3.63, 3.8) is 0 Å². The van der Waals surface area contributed by atoms with E-state index in [1.807, 2.05) is 0 Å². The standard InChI is InChI=1S/C11H21N3O4/c1-4-12-9(15)8(3)14-11(18)13-6-5-7(2)10(16)17/h7-8H,4-6H2,1-3H3,(H,12,15)(H,16,17)(H2,13,14,18). The molecule has 0 aliphatic rings. The van der Waals surface area contributed by atoms with Gasteiger partial charge in [-0.15, -0.1) is 0 Å². The van der Waals surface area contributed by atoms with Crippen molar-refractivity contribution in [1.29, 1.82) is 0 Å². The fraction of sp³-hybridized carbons (Fsp3) is 0.727. The van der Waals surface area contributed by atoms with Crippen molar-refractivity contribution in [1.82, 2.24) is 16.0 Å². The predicted octanol–water partition coefficient (Wildman–Crippen LogP) is -0.0790. The zero-order valence-corrected chi connectivity index (χ0v) is 10.9. The quantitative estimate of drug-likeness (QED) is 0.513. The van der Waals surface area contributed by atoms with Crippen molar-refractivity contribution in [2.45, 2.75) is 33.2 Å². The maximum Gasteiger partial charge on any atom is 0.315 e. The largest absolute Gasteiger partial charge is 0.481 e. The number of rotatable bonds is 7. The highest BCUT2D eigenvalue weighted by atomic mass is 16.4. The molecule has 7 heteroatoms. The highest BCUT2D eigenvalue weighted by Gasteiger charge is 2.15. The summed E-state index contributed by atoms with van der Waals surface area (Å²) in [6.45, 7) is 5.69. The van der Waals surface area contributed by atoms with Crippen molar-refractivity contribution in [2.24, 2.45) is 5.92 Å². The van der Waals surface area contributed by atoms with Crippen molar-refractivity contribution in [2.75, 3.05) is 13.1 Å². The molecular formula is C11H21N3O4. The normalized spacial score (nSPS) is 13.3. The van der Waals surface area contributed by atoms with Crippen LogP contribution < -0.4 is 16.0 Å². The van der Waals surface area contributed by atoms with Crippen molar-refractivity contribution in [3.8, 4) is 0 Å². The van der Waals surface area contributed by atoms with Gasteiger partial charge < -0.3 is 21.1 Å². The van der Waals surface area contributed by atoms with E-state index < -0.39 is 24.0 Å². The van der Waals surface area contributed by atoms with Crippen LogP contribution in [0.1, 0.15) is 27.2 Å². The van der Waals surface area contributed by atoms with Crippen LogP contribution in [0.3, 0.4) is 0 Å². The molecule has 0 saturated carbocycles. The number of likely N-dealkylation sites (N-methyl/N-ethyl adjacent to an activating group) is 1. The molecule has 0 rings (SSSR count). The lowest BCUT2D eigenvalue weighted by Crippen LogP contribution is -2.48. The van der Waals surface area contributed by atoms with Crippen molar-refractivity contribution < 1.29 is 19.5 Å². The van der Waals surface area contributed by atoms with Crippen LogP contribution >= 0.6 is 0 Å². The van der Waals surface area contributed by atoms with Crippen LogP contribution in [0.25, 0.3) is 0 Å². The van der Waals surface area contributed by atoms with Gasteiger partial charge in [0, 0.05) is 13.1 Å². The second-order valence-electron chi connectivity index (χ2n) is 4.04. The van der Waals surface area contributed by atoms with Crippen LogP contribution in [0, 0.1) is 5.92 Å². The summed E-state index contributed by atoms with van der Waals surface area (Å²) in [6.07, 6.45) is 0.346. The van der Waals surface area contributed by atoms with Gasteiger partial charge in [-0.3, -0.25) is 9.59 Å². The summed E-state index contributed by atoms with van der Waals surface area (Å²) >= 11 is 0. The first-order valence-electron chi connectivity index (χ1n) is 5.93. The molecule has 0 saturated heterocycles. The predicted molar refractivity (Wildman–Crippen MR) is 66.1 cm³/mol. The highest BCUT2D eigenvalue weighted by molar-refractivity contribution is 5.86. The van der Waals surface area contributed by atoms with Crippen LogP contribution in [-0.4, -0.2) is 42.1 Å². The summed E-state index contributed by atoms with van der Waals surface area (Å²) in [5.41, 5.74) is 0. The van der Waals surface area contributed by atoms with Gasteiger partial charge in [-0.25, -0.2) is 4.79 Å². The van der Waals surface area contributed by atoms with Gasteiger partial charge in [0.2, 0.25) is 5.91 Å². The fourth-order valence-corrected chi connectivity index (χ4v) is 1.17. The minimum absolute atomic E-state index is 0.251. The molecule has 0 spiro atoms. The maximum atomic E-state index is 11.4. The summed E-state index contributed by atoms with van der Waals surface area (Å²) in [7, 11) is 0. The van der Waals surface area contributed by atoms with Crippen LogP contribution in [0.15, 0.2) is 0 Å². The topological polar surface area (TPSA) is 108 Å². The van der Waals surface area contributed by atoms with Crippen LogP contribution in [0.4, 0.5) is 4.79 Å². The molecule has 0 aliphatic heterocycles. The van der Waals surface area contributed by atoms with Crippen molar-refractivity contribution in [3.05, 3.63) is 0 Å². The Labute approximate surface area is 106 Å². The Morgan fingerprint density at radius 3 is 2.28 bits per heavy atom. The average Bonchev–Trinajstić information content (AvgIpc) is 2.28. The van der Waals surface area contributed by atoms with Crippen molar-refractivity contribution >= 4 is 17.9 Å². The number of carbonyl (C=O) groups is 3. The molecule has 104 valence electrons. The molecule has 0 aromatic rings. The van der Waals surface area contributed by atoms with E-state index in [9.17, 15) is 14.4 Å². The summed E-state index contributed by atoms with van der Waals surface area (Å²) < 4.78 is 0. The Morgan fingerprint density at radius 2 is 1.78 bits per heavy atom.